The van der Waals surface area contributed by atoms with Gasteiger partial charge in [-0.05, 0) is 44.2 Å². The molecule has 37 heavy (non-hydrogen) atoms. The topological polar surface area (TPSA) is 94.2 Å². The van der Waals surface area contributed by atoms with Gasteiger partial charge in [-0.1, -0.05) is 45.0 Å². The van der Waals surface area contributed by atoms with E-state index in [1.165, 1.54) is 10.5 Å². The molecule has 2 heterocycles. The predicted octanol–water partition coefficient (Wildman–Crippen LogP) is 3.62. The second kappa shape index (κ2) is 11.1. The summed E-state index contributed by atoms with van der Waals surface area (Å²) in [5, 5.41) is 6.00. The van der Waals surface area contributed by atoms with Crippen LogP contribution in [0.1, 0.15) is 65.6 Å². The average molecular weight is 514 g/mol. The molecule has 1 atom stereocenters. The fourth-order valence-corrected chi connectivity index (χ4v) is 4.54. The number of hydrogen-bond donors (Lipinski definition) is 2. The van der Waals surface area contributed by atoms with Crippen molar-refractivity contribution in [3.63, 3.8) is 0 Å². The minimum Gasteiger partial charge on any atom is -0.463 e. The summed E-state index contributed by atoms with van der Waals surface area (Å²) in [5.74, 6) is -0.433. The maximum atomic E-state index is 13.2. The second-order valence-corrected chi connectivity index (χ2v) is 11.8. The highest BCUT2D eigenvalue weighted by Crippen LogP contribution is 2.33. The van der Waals surface area contributed by atoms with Crippen molar-refractivity contribution in [1.82, 2.24) is 25.3 Å². The molecule has 2 aliphatic heterocycles. The molecule has 0 radical (unpaired) electrons. The highest BCUT2D eigenvalue weighted by Gasteiger charge is 2.38. The Balaban J connectivity index is 1.87. The fraction of sp³-hybridized carbons (Fsp3) is 0.607. The maximum absolute atomic E-state index is 13.2. The predicted molar refractivity (Wildman–Crippen MR) is 144 cm³/mol. The molecule has 1 saturated heterocycles. The zero-order chi connectivity index (χ0) is 27.5. The van der Waals surface area contributed by atoms with Crippen molar-refractivity contribution in [2.45, 2.75) is 65.5 Å². The molecule has 1 fully saturated rings. The monoisotopic (exact) mass is 513 g/mol. The van der Waals surface area contributed by atoms with Crippen LogP contribution in [0.4, 0.5) is 9.59 Å². The summed E-state index contributed by atoms with van der Waals surface area (Å²) in [6.07, 6.45) is 0. The van der Waals surface area contributed by atoms with Crippen molar-refractivity contribution in [1.29, 1.82) is 0 Å². The largest absolute Gasteiger partial charge is 0.463 e. The van der Waals surface area contributed by atoms with Crippen LogP contribution < -0.4 is 10.6 Å². The molecule has 0 bridgehead atoms. The molecule has 3 rings (SSSR count). The zero-order valence-corrected chi connectivity index (χ0v) is 23.6. The van der Waals surface area contributed by atoms with Gasteiger partial charge in [0.1, 0.15) is 0 Å². The van der Waals surface area contributed by atoms with Crippen LogP contribution in [-0.2, 0) is 14.9 Å². The molecule has 0 unspecified atom stereocenters. The number of nitrogens with zero attached hydrogens (tertiary/aromatic N) is 3. The smallest absolute Gasteiger partial charge is 0.338 e. The molecule has 1 aromatic carbocycles. The summed E-state index contributed by atoms with van der Waals surface area (Å²) >= 11 is 0. The Hall–Kier alpha value is -3.07. The fourth-order valence-electron chi connectivity index (χ4n) is 4.54. The van der Waals surface area contributed by atoms with Gasteiger partial charge in [-0.25, -0.2) is 14.4 Å². The number of piperazine rings is 1. The minimum atomic E-state index is -0.606. The molecule has 2 N–H and O–H groups in total. The molecule has 0 saturated carbocycles. The van der Waals surface area contributed by atoms with Gasteiger partial charge in [-0.2, -0.15) is 0 Å². The number of carbonyl (C=O) groups excluding carboxylic acids is 3. The Labute approximate surface area is 221 Å². The standard InChI is InChI=1S/C28H43N5O4/c1-9-37-24(34)22-21(18-32-14-16-33(17-15-32)26(36)30-28(5,6)7)31(8)25(35)29-23(22)19-10-12-20(13-11-19)27(2,3)4/h10-13,23H,9,14-18H2,1-8H3,(H,29,35)(H,30,36)/t23-/m1/s1. The van der Waals surface area contributed by atoms with Crippen LogP contribution in [0, 0.1) is 0 Å². The van der Waals surface area contributed by atoms with E-state index in [1.807, 2.05) is 45.0 Å². The summed E-state index contributed by atoms with van der Waals surface area (Å²) in [7, 11) is 1.68. The van der Waals surface area contributed by atoms with Gasteiger partial charge in [-0.3, -0.25) is 9.80 Å². The van der Waals surface area contributed by atoms with Gasteiger partial charge in [0.05, 0.1) is 18.2 Å². The molecule has 204 valence electrons. The molecule has 9 nitrogen and oxygen atoms in total. The van der Waals surface area contributed by atoms with Crippen LogP contribution in [0.3, 0.4) is 0 Å². The van der Waals surface area contributed by atoms with Crippen LogP contribution in [0.5, 0.6) is 0 Å². The van der Waals surface area contributed by atoms with Crippen LogP contribution in [0.15, 0.2) is 35.5 Å². The van der Waals surface area contributed by atoms with Crippen LogP contribution in [0.2, 0.25) is 0 Å². The zero-order valence-electron chi connectivity index (χ0n) is 23.6. The third-order valence-corrected chi connectivity index (χ3v) is 6.70. The Morgan fingerprint density at radius 2 is 1.62 bits per heavy atom. The first-order valence-corrected chi connectivity index (χ1v) is 13.1. The molecular formula is C28H43N5O4. The quantitative estimate of drug-likeness (QED) is 0.587. The van der Waals surface area contributed by atoms with Crippen molar-refractivity contribution in [3.8, 4) is 0 Å². The number of amides is 4. The molecular weight excluding hydrogens is 470 g/mol. The van der Waals surface area contributed by atoms with Gasteiger partial charge in [0.2, 0.25) is 0 Å². The van der Waals surface area contributed by atoms with Crippen molar-refractivity contribution >= 4 is 18.0 Å². The first-order valence-electron chi connectivity index (χ1n) is 13.1. The van der Waals surface area contributed by atoms with E-state index in [9.17, 15) is 14.4 Å². The van der Waals surface area contributed by atoms with Crippen molar-refractivity contribution in [3.05, 3.63) is 46.7 Å². The minimum absolute atomic E-state index is 0.00847. The molecule has 2 aliphatic rings. The third kappa shape index (κ3) is 7.03. The Morgan fingerprint density at radius 3 is 2.14 bits per heavy atom. The lowest BCUT2D eigenvalue weighted by atomic mass is 9.85. The van der Waals surface area contributed by atoms with Gasteiger partial charge < -0.3 is 20.3 Å². The van der Waals surface area contributed by atoms with Gasteiger partial charge in [0.15, 0.2) is 0 Å². The SMILES string of the molecule is CCOC(=O)C1=C(CN2CCN(C(=O)NC(C)(C)C)CC2)N(C)C(=O)N[C@@H]1c1ccc(C(C)(C)C)cc1. The van der Waals surface area contributed by atoms with Crippen molar-refractivity contribution < 1.29 is 19.1 Å². The maximum Gasteiger partial charge on any atom is 0.338 e. The number of urea groups is 2. The average Bonchev–Trinajstić information content (AvgIpc) is 2.81. The lowest BCUT2D eigenvalue weighted by Gasteiger charge is -2.40. The molecule has 0 aromatic heterocycles. The lowest BCUT2D eigenvalue weighted by Crippen LogP contribution is -2.56. The molecule has 9 heteroatoms. The summed E-state index contributed by atoms with van der Waals surface area (Å²) in [6, 6.07) is 7.09. The van der Waals surface area contributed by atoms with Crippen LogP contribution in [0.25, 0.3) is 0 Å². The van der Waals surface area contributed by atoms with E-state index in [2.05, 4.69) is 36.3 Å². The highest BCUT2D eigenvalue weighted by molar-refractivity contribution is 5.95. The number of carbonyl (C=O) groups is 3. The lowest BCUT2D eigenvalue weighted by molar-refractivity contribution is -0.139. The van der Waals surface area contributed by atoms with E-state index in [-0.39, 0.29) is 29.6 Å². The number of benzene rings is 1. The number of rotatable bonds is 5. The molecule has 1 aromatic rings. The number of likely N-dealkylation sites (N-methyl/N-ethyl adjacent to an activating group) is 1. The number of nitrogens with one attached hydrogen (secondary N) is 2. The summed E-state index contributed by atoms with van der Waals surface area (Å²) in [6.45, 7) is 17.1. The number of hydrogen-bond acceptors (Lipinski definition) is 5. The number of esters is 1. The summed E-state index contributed by atoms with van der Waals surface area (Å²) in [5.41, 5.74) is 2.77. The van der Waals surface area contributed by atoms with Crippen LogP contribution >= 0.6 is 0 Å². The van der Waals surface area contributed by atoms with Gasteiger partial charge in [0.25, 0.3) is 0 Å². The Kier molecular flexibility index (Phi) is 8.57. The van der Waals surface area contributed by atoms with E-state index in [1.54, 1.807) is 18.9 Å². The number of ether oxygens (including phenoxy) is 1. The molecule has 0 aliphatic carbocycles. The third-order valence-electron chi connectivity index (χ3n) is 6.70. The normalized spacial score (nSPS) is 19.6. The first-order chi connectivity index (χ1) is 17.2. The Morgan fingerprint density at radius 1 is 1.03 bits per heavy atom. The van der Waals surface area contributed by atoms with Crippen molar-refractivity contribution in [2.24, 2.45) is 0 Å². The van der Waals surface area contributed by atoms with E-state index < -0.39 is 12.0 Å². The van der Waals surface area contributed by atoms with Gasteiger partial charge in [-0.15, -0.1) is 0 Å². The van der Waals surface area contributed by atoms with E-state index in [0.29, 0.717) is 44.0 Å². The summed E-state index contributed by atoms with van der Waals surface area (Å²) in [4.78, 5) is 44.3. The van der Waals surface area contributed by atoms with Gasteiger partial charge in [0, 0.05) is 51.0 Å². The van der Waals surface area contributed by atoms with Gasteiger partial charge >= 0.3 is 18.0 Å². The molecule has 0 spiro atoms. The molecule has 4 amide bonds. The first kappa shape index (κ1) is 28.5. The van der Waals surface area contributed by atoms with Crippen LogP contribution in [-0.4, -0.2) is 84.6 Å². The highest BCUT2D eigenvalue weighted by atomic mass is 16.5. The van der Waals surface area contributed by atoms with E-state index in [0.717, 1.165) is 5.56 Å². The summed E-state index contributed by atoms with van der Waals surface area (Å²) < 4.78 is 5.45. The van der Waals surface area contributed by atoms with Crippen molar-refractivity contribution in [2.75, 3.05) is 46.4 Å². The Bertz CT molecular complexity index is 1030. The second-order valence-electron chi connectivity index (χ2n) is 11.8. The van der Waals surface area contributed by atoms with E-state index >= 15 is 0 Å². The van der Waals surface area contributed by atoms with E-state index in [4.69, 9.17) is 4.74 Å².